The molecule has 8 aromatic carbocycles. The zero-order valence-corrected chi connectivity index (χ0v) is 46.3. The van der Waals surface area contributed by atoms with E-state index in [2.05, 4.69) is 132 Å². The Morgan fingerprint density at radius 3 is 1.03 bits per heavy atom. The summed E-state index contributed by atoms with van der Waals surface area (Å²) in [5.74, 6) is -0.362. The van der Waals surface area contributed by atoms with Gasteiger partial charge in [0.15, 0.2) is 5.75 Å². The van der Waals surface area contributed by atoms with Crippen LogP contribution in [0.15, 0.2) is 146 Å². The van der Waals surface area contributed by atoms with Crippen LogP contribution in [0, 0.1) is 6.92 Å². The first-order chi connectivity index (χ1) is 35.4. The molecule has 394 valence electrons. The monoisotopic (exact) mass is 1050 g/mol. The second kappa shape index (κ2) is 19.6. The van der Waals surface area contributed by atoms with Crippen LogP contribution < -0.4 is 15.1 Å². The quantitative estimate of drug-likeness (QED) is 0.0916. The molecule has 9 nitrogen and oxygen atoms in total. The summed E-state index contributed by atoms with van der Waals surface area (Å²) in [5.41, 5.74) is -1.75. The summed E-state index contributed by atoms with van der Waals surface area (Å²) in [6.45, 7) is 26.8. The molecule has 3 aliphatic heterocycles. The molecule has 0 bridgehead atoms. The van der Waals surface area contributed by atoms with Crippen molar-refractivity contribution in [3.63, 3.8) is 0 Å². The minimum absolute atomic E-state index is 0.132. The smallest absolute Gasteiger partial charge is 0.406 e. The lowest BCUT2D eigenvalue weighted by atomic mass is 9.68. The summed E-state index contributed by atoms with van der Waals surface area (Å²) < 4.78 is 104. The van der Waals surface area contributed by atoms with Crippen LogP contribution in [0.5, 0.6) is 5.75 Å². The van der Waals surface area contributed by atoms with Crippen molar-refractivity contribution in [3.8, 4) is 28.0 Å². The lowest BCUT2D eigenvalue weighted by Crippen LogP contribution is -2.41. The van der Waals surface area contributed by atoms with Gasteiger partial charge in [0.25, 0.3) is 0 Å². The fourth-order valence-corrected chi connectivity index (χ4v) is 9.76. The van der Waals surface area contributed by atoms with Crippen LogP contribution >= 0.6 is 0 Å². The van der Waals surface area contributed by atoms with Crippen LogP contribution in [0.25, 0.3) is 65.3 Å². The maximum atomic E-state index is 12.9. The van der Waals surface area contributed by atoms with E-state index in [0.29, 0.717) is 18.6 Å². The third-order valence-corrected chi connectivity index (χ3v) is 17.1. The predicted molar refractivity (Wildman–Crippen MR) is 303 cm³/mol. The third kappa shape index (κ3) is 10.5. The van der Waals surface area contributed by atoms with Gasteiger partial charge in [0.2, 0.25) is 0 Å². The van der Waals surface area contributed by atoms with Crippen molar-refractivity contribution in [2.45, 2.75) is 129 Å². The molecule has 16 heteroatoms. The summed E-state index contributed by atoms with van der Waals surface area (Å²) in [5, 5.41) is 7.81. The lowest BCUT2D eigenvalue weighted by molar-refractivity contribution is -0.0499. The Bertz CT molecular complexity index is 3470. The van der Waals surface area contributed by atoms with Gasteiger partial charge in [-0.05, 0) is 197 Å². The van der Waals surface area contributed by atoms with E-state index in [4.69, 9.17) is 27.9 Å². The van der Waals surface area contributed by atoms with Crippen LogP contribution in [-0.4, -0.2) is 69.5 Å². The zero-order chi connectivity index (χ0) is 55.0. The highest BCUT2D eigenvalue weighted by molar-refractivity contribution is 7.88. The molecule has 0 N–H and O–H groups in total. The van der Waals surface area contributed by atoms with Gasteiger partial charge in [0, 0.05) is 5.56 Å². The van der Waals surface area contributed by atoms with Crippen molar-refractivity contribution in [2.75, 3.05) is 0 Å². The average molecular weight is 1050 g/mol. The molecule has 0 spiro atoms. The van der Waals surface area contributed by atoms with Gasteiger partial charge < -0.3 is 32.1 Å². The Balaban J connectivity index is 0.000000164. The first kappa shape index (κ1) is 55.1. The number of fused-ring (bicyclic) bond motifs is 4. The van der Waals surface area contributed by atoms with Crippen molar-refractivity contribution in [3.05, 3.63) is 151 Å². The maximum Gasteiger partial charge on any atom is 0.534 e. The number of aryl methyl sites for hydroxylation is 1. The van der Waals surface area contributed by atoms with Crippen molar-refractivity contribution >= 4 is 86.1 Å². The van der Waals surface area contributed by atoms with E-state index in [1.54, 1.807) is 30.3 Å². The molecular formula is C60H64B3F3O9S. The first-order valence-electron chi connectivity index (χ1n) is 25.5. The average Bonchev–Trinajstić information content (AvgIpc) is 3.84. The predicted octanol–water partition coefficient (Wildman–Crippen LogP) is 13.3. The Morgan fingerprint density at radius 2 is 0.711 bits per heavy atom. The molecule has 76 heavy (non-hydrogen) atoms. The van der Waals surface area contributed by atoms with Crippen molar-refractivity contribution < 1.29 is 53.7 Å². The number of alkyl halides is 3. The van der Waals surface area contributed by atoms with Crippen molar-refractivity contribution in [1.29, 1.82) is 0 Å². The Morgan fingerprint density at radius 1 is 0.421 bits per heavy atom. The standard InChI is InChI=1S/C32H36B2O4.C22H15F3O3S.C6H13BO2/c1-29(2)30(3,4)36-33(35-29)27-19-23-15-11-9-13-21(23)17-25(27)26-18-22-14-10-12-16-24(22)20-28(26)34-37-31(5,6)32(7,8)38-34;1-14-10-15-6-2-3-7-16(15)11-19(14)20-12-17-8-4-5-9-18(17)13-21(20)28-29(26,27)22(23,24)25;1-5(2)6(3,4)9-7-8-5/h9-20H,1-8H3;2-13H,1H3;7H,1-4H3. The SMILES string of the molecule is CC1(C)OB(c2cc3ccccc3cc2-c2cc3ccccc3cc2B2OC(C)(C)C(C)(C)O2)OC1(C)C.CC1(C)OBOC1(C)C.Cc1cc2ccccc2cc1-c1cc2ccccc2cc1OS(=O)(=O)C(F)(F)F. The third-order valence-electron chi connectivity index (χ3n) is 16.1. The largest absolute Gasteiger partial charge is 0.534 e. The Hall–Kier alpha value is -5.71. The van der Waals surface area contributed by atoms with E-state index in [-0.39, 0.29) is 22.5 Å². The Labute approximate surface area is 446 Å². The van der Waals surface area contributed by atoms with Gasteiger partial charge in [-0.2, -0.15) is 21.6 Å². The fraction of sp³-hybridized carbons (Fsp3) is 0.333. The van der Waals surface area contributed by atoms with Crippen LogP contribution in [0.4, 0.5) is 13.2 Å². The highest BCUT2D eigenvalue weighted by Gasteiger charge is 2.55. The summed E-state index contributed by atoms with van der Waals surface area (Å²) in [4.78, 5) is 0. The number of hydrogen-bond donors (Lipinski definition) is 0. The normalized spacial score (nSPS) is 19.0. The molecule has 3 fully saturated rings. The molecule has 0 unspecified atom stereocenters. The van der Waals surface area contributed by atoms with E-state index in [1.807, 2.05) is 71.0 Å². The second-order valence-corrected chi connectivity index (χ2v) is 24.4. The summed E-state index contributed by atoms with van der Waals surface area (Å²) >= 11 is 0. The minimum atomic E-state index is -5.81. The Kier molecular flexibility index (Phi) is 14.2. The first-order valence-corrected chi connectivity index (χ1v) is 26.9. The molecule has 8 aromatic rings. The van der Waals surface area contributed by atoms with Crippen molar-refractivity contribution in [2.24, 2.45) is 0 Å². The van der Waals surface area contributed by atoms with Gasteiger partial charge in [0.1, 0.15) is 0 Å². The van der Waals surface area contributed by atoms with Gasteiger partial charge in [-0.1, -0.05) is 115 Å². The summed E-state index contributed by atoms with van der Waals surface area (Å²) in [6, 6.07) is 47.1. The second-order valence-electron chi connectivity index (χ2n) is 22.9. The molecule has 11 rings (SSSR count). The van der Waals surface area contributed by atoms with Gasteiger partial charge in [-0.15, -0.1) is 0 Å². The minimum Gasteiger partial charge on any atom is -0.406 e. The lowest BCUT2D eigenvalue weighted by Gasteiger charge is -2.32. The zero-order valence-electron chi connectivity index (χ0n) is 45.4. The van der Waals surface area contributed by atoms with Crippen LogP contribution in [-0.2, 0) is 38.0 Å². The highest BCUT2D eigenvalue weighted by Crippen LogP contribution is 2.43. The number of halogens is 3. The van der Waals surface area contributed by atoms with Crippen LogP contribution in [0.3, 0.4) is 0 Å². The van der Waals surface area contributed by atoms with E-state index in [0.717, 1.165) is 65.3 Å². The van der Waals surface area contributed by atoms with E-state index < -0.39 is 52.3 Å². The molecule has 0 atom stereocenters. The van der Waals surface area contributed by atoms with Crippen LogP contribution in [0.1, 0.15) is 88.6 Å². The summed E-state index contributed by atoms with van der Waals surface area (Å²) in [7, 11) is -6.38. The molecule has 3 aliphatic rings. The van der Waals surface area contributed by atoms with Gasteiger partial charge >= 0.3 is 37.5 Å². The van der Waals surface area contributed by atoms with Gasteiger partial charge in [0.05, 0.1) is 33.6 Å². The molecule has 0 radical (unpaired) electrons. The molecule has 0 aromatic heterocycles. The van der Waals surface area contributed by atoms with E-state index in [9.17, 15) is 21.6 Å². The molecular weight excluding hydrogens is 986 g/mol. The number of benzene rings is 8. The molecule has 3 saturated heterocycles. The fourth-order valence-electron chi connectivity index (χ4n) is 9.29. The molecule has 0 aliphatic carbocycles. The van der Waals surface area contributed by atoms with Gasteiger partial charge in [-0.3, -0.25) is 0 Å². The molecule has 0 amide bonds. The van der Waals surface area contributed by atoms with Crippen LogP contribution in [0.2, 0.25) is 0 Å². The van der Waals surface area contributed by atoms with E-state index in [1.165, 1.54) is 6.07 Å². The number of rotatable bonds is 6. The molecule has 0 saturated carbocycles. The topological polar surface area (TPSA) is 98.8 Å². The highest BCUT2D eigenvalue weighted by atomic mass is 32.2. The number of hydrogen-bond acceptors (Lipinski definition) is 9. The van der Waals surface area contributed by atoms with Crippen molar-refractivity contribution in [1.82, 2.24) is 0 Å². The maximum absolute atomic E-state index is 12.9. The van der Waals surface area contributed by atoms with E-state index >= 15 is 0 Å². The van der Waals surface area contributed by atoms with Gasteiger partial charge in [-0.25, -0.2) is 0 Å². The molecule has 3 heterocycles. The summed E-state index contributed by atoms with van der Waals surface area (Å²) in [6.07, 6.45) is 0.